The van der Waals surface area contributed by atoms with Crippen molar-refractivity contribution < 1.29 is 9.59 Å². The van der Waals surface area contributed by atoms with Crippen LogP contribution in [0.2, 0.25) is 0 Å². The smallest absolute Gasteiger partial charge is 0.250 e. The van der Waals surface area contributed by atoms with Gasteiger partial charge in [-0.3, -0.25) is 14.5 Å². The van der Waals surface area contributed by atoms with E-state index in [0.717, 1.165) is 16.9 Å². The molecule has 0 aromatic heterocycles. The molecule has 1 unspecified atom stereocenters. The summed E-state index contributed by atoms with van der Waals surface area (Å²) in [6.07, 6.45) is 0.697. The van der Waals surface area contributed by atoms with Crippen LogP contribution in [0.4, 0.5) is 11.4 Å². The Bertz CT molecular complexity index is 567. The molecular formula is C17H25N3O2. The Morgan fingerprint density at radius 3 is 2.55 bits per heavy atom. The number of benzene rings is 1. The lowest BCUT2D eigenvalue weighted by atomic mass is 10.1. The first-order chi connectivity index (χ1) is 10.5. The molecule has 22 heavy (non-hydrogen) atoms. The monoisotopic (exact) mass is 303 g/mol. The average molecular weight is 303 g/mol. The maximum absolute atomic E-state index is 12.6. The molecule has 0 spiro atoms. The maximum atomic E-state index is 12.6. The molecule has 1 atom stereocenters. The molecule has 0 bridgehead atoms. The molecule has 2 amide bonds. The van der Waals surface area contributed by atoms with E-state index in [1.807, 2.05) is 45.9 Å². The van der Waals surface area contributed by atoms with Gasteiger partial charge in [0.25, 0.3) is 0 Å². The van der Waals surface area contributed by atoms with Crippen molar-refractivity contribution in [3.8, 4) is 0 Å². The van der Waals surface area contributed by atoms with Gasteiger partial charge in [-0.05, 0) is 44.9 Å². The molecule has 5 heteroatoms. The topological polar surface area (TPSA) is 52.7 Å². The van der Waals surface area contributed by atoms with Gasteiger partial charge in [-0.15, -0.1) is 0 Å². The zero-order valence-electron chi connectivity index (χ0n) is 13.8. The highest BCUT2D eigenvalue weighted by molar-refractivity contribution is 6.07. The maximum Gasteiger partial charge on any atom is 0.250 e. The summed E-state index contributed by atoms with van der Waals surface area (Å²) in [4.78, 5) is 28.4. The minimum absolute atomic E-state index is 0.0124. The van der Waals surface area contributed by atoms with Crippen LogP contribution in [-0.4, -0.2) is 42.4 Å². The predicted octanol–water partition coefficient (Wildman–Crippen LogP) is 2.40. The number of nitrogens with one attached hydrogen (secondary N) is 1. The molecule has 0 radical (unpaired) electrons. The number of carbonyl (C=O) groups is 2. The molecule has 1 aromatic rings. The summed E-state index contributed by atoms with van der Waals surface area (Å²) in [5, 5.41) is 3.28. The third-order valence-electron chi connectivity index (χ3n) is 4.15. The van der Waals surface area contributed by atoms with Crippen LogP contribution in [0.5, 0.6) is 0 Å². The van der Waals surface area contributed by atoms with E-state index in [1.54, 1.807) is 9.80 Å². The molecule has 1 aliphatic rings. The molecule has 0 saturated carbocycles. The van der Waals surface area contributed by atoms with E-state index >= 15 is 0 Å². The van der Waals surface area contributed by atoms with Crippen molar-refractivity contribution >= 4 is 23.2 Å². The summed E-state index contributed by atoms with van der Waals surface area (Å²) < 4.78 is 0. The van der Waals surface area contributed by atoms with Gasteiger partial charge in [0.15, 0.2) is 0 Å². The molecule has 2 rings (SSSR count). The second-order valence-corrected chi connectivity index (χ2v) is 5.62. The Morgan fingerprint density at radius 1 is 1.27 bits per heavy atom. The van der Waals surface area contributed by atoms with Crippen LogP contribution in [0, 0.1) is 6.92 Å². The molecule has 0 fully saturated rings. The molecule has 1 aromatic carbocycles. The number of amides is 2. The number of aryl methyl sites for hydroxylation is 1. The summed E-state index contributed by atoms with van der Waals surface area (Å²) in [6, 6.07) is 5.64. The summed E-state index contributed by atoms with van der Waals surface area (Å²) in [7, 11) is 0. The van der Waals surface area contributed by atoms with Gasteiger partial charge in [-0.2, -0.15) is 0 Å². The Morgan fingerprint density at radius 2 is 1.95 bits per heavy atom. The van der Waals surface area contributed by atoms with E-state index in [4.69, 9.17) is 0 Å². The van der Waals surface area contributed by atoms with Crippen molar-refractivity contribution in [1.82, 2.24) is 4.90 Å². The zero-order chi connectivity index (χ0) is 16.3. The number of hydrogen-bond acceptors (Lipinski definition) is 3. The summed E-state index contributed by atoms with van der Waals surface area (Å²) >= 11 is 0. The molecule has 1 aliphatic heterocycles. The normalized spacial score (nSPS) is 17.0. The van der Waals surface area contributed by atoms with Gasteiger partial charge >= 0.3 is 0 Å². The van der Waals surface area contributed by atoms with Crippen LogP contribution in [0.1, 0.15) is 32.8 Å². The second-order valence-electron chi connectivity index (χ2n) is 5.62. The number of fused-ring (bicyclic) bond motifs is 1. The quantitative estimate of drug-likeness (QED) is 0.909. The first-order valence-electron chi connectivity index (χ1n) is 7.98. The van der Waals surface area contributed by atoms with Gasteiger partial charge in [0, 0.05) is 13.1 Å². The Balaban J connectivity index is 2.32. The summed E-state index contributed by atoms with van der Waals surface area (Å²) in [5.74, 6) is -0.0408. The molecule has 0 saturated heterocycles. The van der Waals surface area contributed by atoms with Crippen molar-refractivity contribution in [2.24, 2.45) is 0 Å². The van der Waals surface area contributed by atoms with E-state index in [9.17, 15) is 9.59 Å². The van der Waals surface area contributed by atoms with Crippen LogP contribution in [0.25, 0.3) is 0 Å². The number of hydrogen-bond donors (Lipinski definition) is 1. The van der Waals surface area contributed by atoms with Gasteiger partial charge in [0.05, 0.1) is 11.4 Å². The number of carbonyl (C=O) groups excluding carboxylic acids is 2. The lowest BCUT2D eigenvalue weighted by Crippen LogP contribution is -2.51. The van der Waals surface area contributed by atoms with E-state index in [1.165, 1.54) is 0 Å². The molecule has 1 N–H and O–H groups in total. The highest BCUT2D eigenvalue weighted by atomic mass is 16.2. The Hall–Kier alpha value is -2.04. The standard InChI is InChI=1S/C17H25N3O2/c1-5-13-17(22)20(11-16(21)19(6-2)7-3)15-9-8-12(4)10-14(15)18-13/h8-10,13,18H,5-7,11H2,1-4H3. The Kier molecular flexibility index (Phi) is 5.06. The van der Waals surface area contributed by atoms with Gasteiger partial charge in [-0.25, -0.2) is 0 Å². The van der Waals surface area contributed by atoms with Crippen LogP contribution >= 0.6 is 0 Å². The largest absolute Gasteiger partial charge is 0.372 e. The fourth-order valence-corrected chi connectivity index (χ4v) is 2.81. The van der Waals surface area contributed by atoms with Crippen molar-refractivity contribution in [3.63, 3.8) is 0 Å². The first-order valence-corrected chi connectivity index (χ1v) is 7.98. The SMILES string of the molecule is CCC1Nc2cc(C)ccc2N(CC(=O)N(CC)CC)C1=O. The lowest BCUT2D eigenvalue weighted by molar-refractivity contribution is -0.131. The third-order valence-corrected chi connectivity index (χ3v) is 4.15. The number of rotatable bonds is 5. The predicted molar refractivity (Wildman–Crippen MR) is 89.2 cm³/mol. The van der Waals surface area contributed by atoms with Crippen LogP contribution in [0.15, 0.2) is 18.2 Å². The van der Waals surface area contributed by atoms with E-state index in [0.29, 0.717) is 19.5 Å². The average Bonchev–Trinajstić information content (AvgIpc) is 2.50. The van der Waals surface area contributed by atoms with Crippen LogP contribution in [0.3, 0.4) is 0 Å². The Labute approximate surface area is 132 Å². The van der Waals surface area contributed by atoms with Crippen molar-refractivity contribution in [2.75, 3.05) is 29.9 Å². The molecule has 5 nitrogen and oxygen atoms in total. The van der Waals surface area contributed by atoms with E-state index < -0.39 is 0 Å². The minimum atomic E-state index is -0.265. The summed E-state index contributed by atoms with van der Waals surface area (Å²) in [6.45, 7) is 9.32. The molecule has 0 aliphatic carbocycles. The van der Waals surface area contributed by atoms with E-state index in [-0.39, 0.29) is 24.4 Å². The van der Waals surface area contributed by atoms with Gasteiger partial charge in [0.1, 0.15) is 12.6 Å². The fourth-order valence-electron chi connectivity index (χ4n) is 2.81. The highest BCUT2D eigenvalue weighted by Crippen LogP contribution is 2.33. The van der Waals surface area contributed by atoms with Gasteiger partial charge < -0.3 is 10.2 Å². The van der Waals surface area contributed by atoms with E-state index in [2.05, 4.69) is 5.32 Å². The second kappa shape index (κ2) is 6.81. The van der Waals surface area contributed by atoms with Gasteiger partial charge in [-0.1, -0.05) is 13.0 Å². The summed E-state index contributed by atoms with van der Waals surface area (Å²) in [5.41, 5.74) is 2.85. The third kappa shape index (κ3) is 3.08. The van der Waals surface area contributed by atoms with Crippen molar-refractivity contribution in [1.29, 1.82) is 0 Å². The first kappa shape index (κ1) is 16.3. The van der Waals surface area contributed by atoms with Crippen molar-refractivity contribution in [3.05, 3.63) is 23.8 Å². The highest BCUT2D eigenvalue weighted by Gasteiger charge is 2.33. The van der Waals surface area contributed by atoms with Crippen LogP contribution in [-0.2, 0) is 9.59 Å². The molecule has 120 valence electrons. The fraction of sp³-hybridized carbons (Fsp3) is 0.529. The number of anilines is 2. The number of nitrogens with zero attached hydrogens (tertiary/aromatic N) is 2. The zero-order valence-corrected chi connectivity index (χ0v) is 13.8. The minimum Gasteiger partial charge on any atom is -0.372 e. The van der Waals surface area contributed by atoms with Crippen molar-refractivity contribution in [2.45, 2.75) is 40.2 Å². The molecular weight excluding hydrogens is 278 g/mol. The lowest BCUT2D eigenvalue weighted by Gasteiger charge is -2.35. The number of likely N-dealkylation sites (N-methyl/N-ethyl adjacent to an activating group) is 1. The van der Waals surface area contributed by atoms with Crippen LogP contribution < -0.4 is 10.2 Å². The van der Waals surface area contributed by atoms with Gasteiger partial charge in [0.2, 0.25) is 11.8 Å². The molecule has 1 heterocycles.